The van der Waals surface area contributed by atoms with Crippen LogP contribution in [-0.4, -0.2) is 53.1 Å². The Morgan fingerprint density at radius 1 is 1.30 bits per heavy atom. The summed E-state index contributed by atoms with van der Waals surface area (Å²) < 4.78 is 5.51. The van der Waals surface area contributed by atoms with Gasteiger partial charge in [0.2, 0.25) is 5.95 Å². The van der Waals surface area contributed by atoms with E-state index < -0.39 is 6.10 Å². The van der Waals surface area contributed by atoms with Crippen LogP contribution in [0.4, 0.5) is 17.5 Å². The number of hydrogen-bond donors (Lipinski definition) is 5. The molecule has 0 saturated carbocycles. The number of aromatic nitrogens is 3. The summed E-state index contributed by atoms with van der Waals surface area (Å²) in [5.74, 6) is 1.56. The van der Waals surface area contributed by atoms with Gasteiger partial charge in [0.15, 0.2) is 5.82 Å². The average molecular weight is 407 g/mol. The van der Waals surface area contributed by atoms with Crippen LogP contribution < -0.4 is 20.7 Å². The van der Waals surface area contributed by atoms with Crippen molar-refractivity contribution in [3.63, 3.8) is 0 Å². The second-order valence-corrected chi connectivity index (χ2v) is 6.59. The largest absolute Gasteiger partial charge is 0.495 e. The maximum Gasteiger partial charge on any atom is 0.227 e. The van der Waals surface area contributed by atoms with E-state index in [4.69, 9.17) is 10.1 Å². The third-order valence-corrected chi connectivity index (χ3v) is 4.30. The number of fused-ring (bicyclic) bond motifs is 1. The molecule has 1 aromatic carbocycles. The number of aliphatic hydroxyl groups excluding tert-OH is 1. The summed E-state index contributed by atoms with van der Waals surface area (Å²) in [6.07, 6.45) is 5.90. The van der Waals surface area contributed by atoms with Crippen LogP contribution in [-0.2, 0) is 0 Å². The van der Waals surface area contributed by atoms with Gasteiger partial charge in [-0.2, -0.15) is 0 Å². The number of methoxy groups -OCH3 is 1. The zero-order chi connectivity index (χ0) is 21.5. The van der Waals surface area contributed by atoms with Crippen molar-refractivity contribution < 1.29 is 9.84 Å². The molecule has 2 heterocycles. The number of rotatable bonds is 9. The minimum Gasteiger partial charge on any atom is -0.495 e. The van der Waals surface area contributed by atoms with E-state index in [1.54, 1.807) is 39.7 Å². The Bertz CT molecular complexity index is 1070. The number of aliphatic hydroxyl groups is 1. The van der Waals surface area contributed by atoms with Crippen LogP contribution in [0.2, 0.25) is 0 Å². The topological polar surface area (TPSA) is 128 Å². The second-order valence-electron chi connectivity index (χ2n) is 6.59. The Labute approximate surface area is 174 Å². The van der Waals surface area contributed by atoms with Gasteiger partial charge in [-0.1, -0.05) is 6.07 Å². The van der Waals surface area contributed by atoms with E-state index in [2.05, 4.69) is 30.9 Å². The Morgan fingerprint density at radius 2 is 2.13 bits per heavy atom. The Balaban J connectivity index is 1.92. The van der Waals surface area contributed by atoms with Gasteiger partial charge in [0, 0.05) is 49.4 Å². The number of allylic oxidation sites excluding steroid dienone is 1. The third-order valence-electron chi connectivity index (χ3n) is 4.30. The van der Waals surface area contributed by atoms with Gasteiger partial charge >= 0.3 is 0 Å². The van der Waals surface area contributed by atoms with Gasteiger partial charge in [-0.25, -0.2) is 15.0 Å². The minimum atomic E-state index is -0.507. The van der Waals surface area contributed by atoms with Crippen molar-refractivity contribution in [1.82, 2.24) is 20.3 Å². The maximum absolute atomic E-state index is 9.53. The lowest BCUT2D eigenvalue weighted by Gasteiger charge is -2.13. The molecular formula is C21H25N7O2. The lowest BCUT2D eigenvalue weighted by molar-refractivity contribution is 0.208. The Morgan fingerprint density at radius 3 is 2.83 bits per heavy atom. The van der Waals surface area contributed by atoms with Crippen LogP contribution in [0, 0.1) is 5.41 Å². The molecule has 3 rings (SSSR count). The van der Waals surface area contributed by atoms with Gasteiger partial charge in [-0.05, 0) is 30.7 Å². The molecule has 30 heavy (non-hydrogen) atoms. The summed E-state index contributed by atoms with van der Waals surface area (Å²) in [6.45, 7) is 2.06. The summed E-state index contributed by atoms with van der Waals surface area (Å²) in [7, 11) is 3.37. The van der Waals surface area contributed by atoms with Crippen molar-refractivity contribution in [1.29, 1.82) is 5.41 Å². The van der Waals surface area contributed by atoms with Gasteiger partial charge in [-0.15, -0.1) is 0 Å². The van der Waals surface area contributed by atoms with Gasteiger partial charge < -0.3 is 31.2 Å². The van der Waals surface area contributed by atoms with Gasteiger partial charge in [0.25, 0.3) is 0 Å². The van der Waals surface area contributed by atoms with E-state index in [0.717, 1.165) is 16.5 Å². The highest BCUT2D eigenvalue weighted by Gasteiger charge is 2.11. The van der Waals surface area contributed by atoms with Crippen molar-refractivity contribution in [2.24, 2.45) is 0 Å². The van der Waals surface area contributed by atoms with Crippen molar-refractivity contribution in [2.75, 3.05) is 31.3 Å². The smallest absolute Gasteiger partial charge is 0.227 e. The molecule has 0 bridgehead atoms. The first-order chi connectivity index (χ1) is 14.5. The molecule has 0 radical (unpaired) electrons. The van der Waals surface area contributed by atoms with Gasteiger partial charge in [0.1, 0.15) is 11.3 Å². The summed E-state index contributed by atoms with van der Waals surface area (Å²) in [4.78, 5) is 13.3. The predicted molar refractivity (Wildman–Crippen MR) is 120 cm³/mol. The normalized spacial score (nSPS) is 12.3. The highest BCUT2D eigenvalue weighted by molar-refractivity contribution is 6.08. The number of anilines is 3. The van der Waals surface area contributed by atoms with Crippen molar-refractivity contribution in [3.8, 4) is 5.75 Å². The quantitative estimate of drug-likeness (QED) is 0.343. The molecule has 0 amide bonds. The standard InChI is InChI=1S/C21H25N7O2/c1-13(29)10-25-20-19-15(6-7-24-20)12-26-21(28-19)27-17-5-4-14(8-18(17)30-3)16(9-22)11-23-2/h4-9,11-13,22-23,29H,10H2,1-3H3,(H,24,25)(H,26,27,28)/b16-11+,22-9?. The summed E-state index contributed by atoms with van der Waals surface area (Å²) >= 11 is 0. The molecule has 1 unspecified atom stereocenters. The third kappa shape index (κ3) is 4.81. The maximum atomic E-state index is 9.53. The van der Waals surface area contributed by atoms with Crippen LogP contribution in [0.5, 0.6) is 5.75 Å². The van der Waals surface area contributed by atoms with E-state index in [-0.39, 0.29) is 0 Å². The first-order valence-electron chi connectivity index (χ1n) is 9.42. The van der Waals surface area contributed by atoms with Crippen molar-refractivity contribution in [3.05, 3.63) is 48.4 Å². The fourth-order valence-corrected chi connectivity index (χ4v) is 2.85. The monoisotopic (exact) mass is 407 g/mol. The zero-order valence-electron chi connectivity index (χ0n) is 17.1. The van der Waals surface area contributed by atoms with Crippen LogP contribution >= 0.6 is 0 Å². The van der Waals surface area contributed by atoms with Gasteiger partial charge in [0.05, 0.1) is 18.9 Å². The zero-order valence-corrected chi connectivity index (χ0v) is 17.1. The van der Waals surface area contributed by atoms with E-state index in [1.165, 1.54) is 6.21 Å². The molecule has 9 nitrogen and oxygen atoms in total. The molecule has 0 aliphatic rings. The number of nitrogens with one attached hydrogen (secondary N) is 4. The molecule has 0 aliphatic heterocycles. The summed E-state index contributed by atoms with van der Waals surface area (Å²) in [6, 6.07) is 7.41. The van der Waals surface area contributed by atoms with Gasteiger partial charge in [-0.3, -0.25) is 0 Å². The van der Waals surface area contributed by atoms with Crippen LogP contribution in [0.25, 0.3) is 16.5 Å². The lowest BCUT2D eigenvalue weighted by atomic mass is 10.1. The molecule has 0 saturated heterocycles. The predicted octanol–water partition coefficient (Wildman–Crippen LogP) is 2.78. The molecule has 3 aromatic rings. The SMILES string of the molecule is CN/C=C(\C=N)c1ccc(Nc2ncc3ccnc(NCC(C)O)c3n2)c(OC)c1. The highest BCUT2D eigenvalue weighted by Crippen LogP contribution is 2.30. The summed E-state index contributed by atoms with van der Waals surface area (Å²) in [5, 5.41) is 27.2. The lowest BCUT2D eigenvalue weighted by Crippen LogP contribution is -2.16. The van der Waals surface area contributed by atoms with Crippen molar-refractivity contribution in [2.45, 2.75) is 13.0 Å². The molecule has 5 N–H and O–H groups in total. The van der Waals surface area contributed by atoms with E-state index in [1.807, 2.05) is 24.3 Å². The molecule has 2 aromatic heterocycles. The fourth-order valence-electron chi connectivity index (χ4n) is 2.85. The first-order valence-corrected chi connectivity index (χ1v) is 9.42. The molecular weight excluding hydrogens is 382 g/mol. The molecule has 0 spiro atoms. The number of ether oxygens (including phenoxy) is 1. The average Bonchev–Trinajstić information content (AvgIpc) is 2.76. The number of nitrogens with zero attached hydrogens (tertiary/aromatic N) is 3. The van der Waals surface area contributed by atoms with E-state index in [9.17, 15) is 5.11 Å². The molecule has 0 aliphatic carbocycles. The number of benzene rings is 1. The molecule has 1 atom stereocenters. The minimum absolute atomic E-state index is 0.365. The van der Waals surface area contributed by atoms with Crippen LogP contribution in [0.15, 0.2) is 42.9 Å². The van der Waals surface area contributed by atoms with E-state index >= 15 is 0 Å². The van der Waals surface area contributed by atoms with E-state index in [0.29, 0.717) is 35.3 Å². The molecule has 156 valence electrons. The van der Waals surface area contributed by atoms with Crippen LogP contribution in [0.3, 0.4) is 0 Å². The second kappa shape index (κ2) is 9.66. The molecule has 0 fully saturated rings. The summed E-state index contributed by atoms with van der Waals surface area (Å²) in [5.41, 5.74) is 2.91. The molecule has 9 heteroatoms. The number of hydrogen-bond acceptors (Lipinski definition) is 9. The Kier molecular flexibility index (Phi) is 6.76. The Hall–Kier alpha value is -3.72. The highest BCUT2D eigenvalue weighted by atomic mass is 16.5. The first kappa shape index (κ1) is 21.0. The van der Waals surface area contributed by atoms with Crippen molar-refractivity contribution >= 4 is 40.1 Å². The van der Waals surface area contributed by atoms with Crippen LogP contribution in [0.1, 0.15) is 12.5 Å². The fraction of sp³-hybridized carbons (Fsp3) is 0.238. The number of pyridine rings is 1.